The minimum atomic E-state index is -1.07. The van der Waals surface area contributed by atoms with Gasteiger partial charge in [-0.05, 0) is 6.42 Å². The summed E-state index contributed by atoms with van der Waals surface area (Å²) in [7, 11) is 1.46. The molecule has 9 nitrogen and oxygen atoms in total. The molecule has 0 bridgehead atoms. The Balaban J connectivity index is 4.47. The van der Waals surface area contributed by atoms with E-state index < -0.39 is 24.3 Å². The maximum absolute atomic E-state index is 11.9. The van der Waals surface area contributed by atoms with Crippen LogP contribution >= 0.6 is 0 Å². The second kappa shape index (κ2) is 12.1. The average molecular weight is 373 g/mol. The molecule has 0 spiro atoms. The Kier molecular flexibility index (Phi) is 11.0. The molecule has 0 saturated heterocycles. The predicted molar refractivity (Wildman–Crippen MR) is 95.4 cm³/mol. The molecule has 0 aliphatic rings. The van der Waals surface area contributed by atoms with Crippen molar-refractivity contribution in [2.75, 3.05) is 20.2 Å². The molecule has 1 unspecified atom stereocenters. The number of amides is 1. The number of hydrogen-bond donors (Lipinski definition) is 2. The molecule has 9 heteroatoms. The number of carbonyl (C=O) groups excluding carboxylic acids is 3. The normalized spacial score (nSPS) is 11.7. The molecular formula is C17H31N3O6. The summed E-state index contributed by atoms with van der Waals surface area (Å²) in [6, 6.07) is 0. The quantitative estimate of drug-likeness (QED) is 0.209. The highest BCUT2D eigenvalue weighted by Crippen LogP contribution is 2.11. The second-order valence-electron chi connectivity index (χ2n) is 6.51. The first-order valence-corrected chi connectivity index (χ1v) is 8.71. The van der Waals surface area contributed by atoms with E-state index in [4.69, 9.17) is 19.6 Å². The Morgan fingerprint density at radius 2 is 1.73 bits per heavy atom. The maximum atomic E-state index is 11.9. The van der Waals surface area contributed by atoms with Crippen LogP contribution < -0.4 is 5.32 Å². The van der Waals surface area contributed by atoms with Gasteiger partial charge in [0.2, 0.25) is 5.96 Å². The van der Waals surface area contributed by atoms with Gasteiger partial charge < -0.3 is 19.1 Å². The van der Waals surface area contributed by atoms with Crippen LogP contribution in [-0.4, -0.2) is 55.4 Å². The number of carbonyl (C=O) groups is 3. The van der Waals surface area contributed by atoms with Crippen LogP contribution in [0.15, 0.2) is 0 Å². The molecule has 0 fully saturated rings. The van der Waals surface area contributed by atoms with Gasteiger partial charge in [-0.1, -0.05) is 41.0 Å². The number of likely N-dealkylation sites (N-methyl/N-ethyl adjacent to an activating group) is 1. The summed E-state index contributed by atoms with van der Waals surface area (Å²) in [5.41, 5.74) is 0. The van der Waals surface area contributed by atoms with Gasteiger partial charge in [0.25, 0.3) is 6.29 Å². The summed E-state index contributed by atoms with van der Waals surface area (Å²) in [6.45, 7) is 8.93. The summed E-state index contributed by atoms with van der Waals surface area (Å²) in [6.07, 6.45) is -0.341. The lowest BCUT2D eigenvalue weighted by molar-refractivity contribution is -0.178. The Bertz CT molecular complexity index is 493. The molecule has 0 aliphatic heterocycles. The predicted octanol–water partition coefficient (Wildman–Crippen LogP) is 2.10. The minimum Gasteiger partial charge on any atom is -0.464 e. The van der Waals surface area contributed by atoms with E-state index in [1.165, 1.54) is 11.9 Å². The lowest BCUT2D eigenvalue weighted by Gasteiger charge is -2.24. The van der Waals surface area contributed by atoms with Crippen LogP contribution in [0.1, 0.15) is 47.5 Å². The van der Waals surface area contributed by atoms with Crippen molar-refractivity contribution in [2.24, 2.45) is 11.8 Å². The first kappa shape index (κ1) is 23.7. The van der Waals surface area contributed by atoms with Gasteiger partial charge in [-0.25, -0.2) is 4.79 Å². The van der Waals surface area contributed by atoms with E-state index in [9.17, 15) is 14.4 Å². The molecule has 0 radical (unpaired) electrons. The highest BCUT2D eigenvalue weighted by Gasteiger charge is 2.25. The van der Waals surface area contributed by atoms with Crippen molar-refractivity contribution in [1.82, 2.24) is 10.2 Å². The molecule has 0 aromatic heterocycles. The first-order chi connectivity index (χ1) is 12.1. The standard InChI is InChI=1S/C17H31N3O6/c1-7-8-9-24-13(21)10-20(6)16(18)19-17(23)26-15(12(4)5)25-14(22)11(2)3/h11-12,15H,7-10H2,1-6H3,(H2,18,19,23). The highest BCUT2D eigenvalue weighted by molar-refractivity contribution is 5.93. The lowest BCUT2D eigenvalue weighted by atomic mass is 10.2. The van der Waals surface area contributed by atoms with E-state index >= 15 is 0 Å². The molecule has 2 N–H and O–H groups in total. The van der Waals surface area contributed by atoms with Crippen molar-refractivity contribution in [3.63, 3.8) is 0 Å². The third-order valence-electron chi connectivity index (χ3n) is 3.20. The topological polar surface area (TPSA) is 118 Å². The minimum absolute atomic E-state index is 0.182. The molecule has 0 aromatic carbocycles. The first-order valence-electron chi connectivity index (χ1n) is 8.71. The number of guanidine groups is 1. The number of ether oxygens (including phenoxy) is 3. The van der Waals surface area contributed by atoms with Crippen molar-refractivity contribution in [1.29, 1.82) is 5.41 Å². The molecule has 1 atom stereocenters. The van der Waals surface area contributed by atoms with Crippen molar-refractivity contribution >= 4 is 24.0 Å². The Morgan fingerprint density at radius 1 is 1.12 bits per heavy atom. The van der Waals surface area contributed by atoms with E-state index in [1.807, 2.05) is 6.92 Å². The number of nitrogens with one attached hydrogen (secondary N) is 2. The van der Waals surface area contributed by atoms with Crippen LogP contribution in [0.5, 0.6) is 0 Å². The molecule has 150 valence electrons. The number of unbranched alkanes of at least 4 members (excludes halogenated alkanes) is 1. The summed E-state index contributed by atoms with van der Waals surface area (Å²) in [5.74, 6) is -1.93. The van der Waals surface area contributed by atoms with Crippen molar-refractivity contribution < 1.29 is 28.6 Å². The van der Waals surface area contributed by atoms with Crippen LogP contribution in [0.2, 0.25) is 0 Å². The molecule has 26 heavy (non-hydrogen) atoms. The zero-order valence-electron chi connectivity index (χ0n) is 16.5. The van der Waals surface area contributed by atoms with Crippen LogP contribution in [0.3, 0.4) is 0 Å². The Morgan fingerprint density at radius 3 is 2.23 bits per heavy atom. The van der Waals surface area contributed by atoms with Crippen molar-refractivity contribution in [2.45, 2.75) is 53.8 Å². The molecule has 0 rings (SSSR count). The van der Waals surface area contributed by atoms with Gasteiger partial charge in [0.15, 0.2) is 0 Å². The Hall–Kier alpha value is -2.32. The number of alkyl carbamates (subject to hydrolysis) is 1. The molecule has 0 aliphatic carbocycles. The van der Waals surface area contributed by atoms with Gasteiger partial charge in [-0.15, -0.1) is 0 Å². The van der Waals surface area contributed by atoms with Crippen LogP contribution in [0.4, 0.5) is 4.79 Å². The zero-order chi connectivity index (χ0) is 20.3. The summed E-state index contributed by atoms with van der Waals surface area (Å²) < 4.78 is 15.2. The fourth-order valence-corrected chi connectivity index (χ4v) is 1.52. The summed E-state index contributed by atoms with van der Waals surface area (Å²) in [5, 5.41) is 9.98. The average Bonchev–Trinajstić information content (AvgIpc) is 2.53. The van der Waals surface area contributed by atoms with Crippen LogP contribution in [-0.2, 0) is 23.8 Å². The molecule has 0 saturated carbocycles. The lowest BCUT2D eigenvalue weighted by Crippen LogP contribution is -2.45. The largest absolute Gasteiger partial charge is 0.464 e. The molecule has 0 aromatic rings. The van der Waals surface area contributed by atoms with Gasteiger partial charge in [-0.2, -0.15) is 0 Å². The third kappa shape index (κ3) is 9.85. The molecule has 0 heterocycles. The van der Waals surface area contributed by atoms with Gasteiger partial charge in [0.05, 0.1) is 12.5 Å². The van der Waals surface area contributed by atoms with Gasteiger partial charge in [0, 0.05) is 13.0 Å². The fourth-order valence-electron chi connectivity index (χ4n) is 1.52. The highest BCUT2D eigenvalue weighted by atomic mass is 16.7. The number of nitrogens with zero attached hydrogens (tertiary/aromatic N) is 1. The molecular weight excluding hydrogens is 342 g/mol. The van der Waals surface area contributed by atoms with E-state index in [0.29, 0.717) is 6.61 Å². The van der Waals surface area contributed by atoms with E-state index in [-0.39, 0.29) is 24.3 Å². The maximum Gasteiger partial charge on any atom is 0.417 e. The monoisotopic (exact) mass is 373 g/mol. The summed E-state index contributed by atoms with van der Waals surface area (Å²) in [4.78, 5) is 36.4. The van der Waals surface area contributed by atoms with Gasteiger partial charge >= 0.3 is 18.0 Å². The van der Waals surface area contributed by atoms with Crippen molar-refractivity contribution in [3.05, 3.63) is 0 Å². The van der Waals surface area contributed by atoms with Gasteiger partial charge in [0.1, 0.15) is 6.54 Å². The molecule has 1 amide bonds. The summed E-state index contributed by atoms with van der Waals surface area (Å²) >= 11 is 0. The van der Waals surface area contributed by atoms with Gasteiger partial charge in [-0.3, -0.25) is 20.3 Å². The fraction of sp³-hybridized carbons (Fsp3) is 0.765. The van der Waals surface area contributed by atoms with Crippen molar-refractivity contribution in [3.8, 4) is 0 Å². The number of esters is 2. The number of hydrogen-bond acceptors (Lipinski definition) is 7. The third-order valence-corrected chi connectivity index (χ3v) is 3.20. The zero-order valence-corrected chi connectivity index (χ0v) is 16.5. The van der Waals surface area contributed by atoms with E-state index in [0.717, 1.165) is 12.8 Å². The smallest absolute Gasteiger partial charge is 0.417 e. The van der Waals surface area contributed by atoms with Crippen LogP contribution in [0, 0.1) is 17.2 Å². The SMILES string of the molecule is CCCCOC(=O)CN(C)C(=N)NC(=O)OC(OC(=O)C(C)C)C(C)C. The Labute approximate surface area is 154 Å². The number of rotatable bonds is 9. The second-order valence-corrected chi connectivity index (χ2v) is 6.51. The van der Waals surface area contributed by atoms with E-state index in [2.05, 4.69) is 5.32 Å². The van der Waals surface area contributed by atoms with E-state index in [1.54, 1.807) is 27.7 Å². The van der Waals surface area contributed by atoms with Crippen LogP contribution in [0.25, 0.3) is 0 Å².